The summed E-state index contributed by atoms with van der Waals surface area (Å²) in [5.74, 6) is 0. The third-order valence-electron chi connectivity index (χ3n) is 1.55. The van der Waals surface area contributed by atoms with Gasteiger partial charge in [-0.15, -0.1) is 11.3 Å². The smallest absolute Gasteiger partial charge is 0.0898 e. The average molecular weight is 179 g/mol. The van der Waals surface area contributed by atoms with Crippen LogP contribution in [0.5, 0.6) is 0 Å². The molecule has 0 fully saturated rings. The third-order valence-corrected chi connectivity index (χ3v) is 2.37. The number of thiazole rings is 1. The minimum Gasteiger partial charge on any atom is -0.267 e. The lowest BCUT2D eigenvalue weighted by molar-refractivity contribution is 0.675. The van der Waals surface area contributed by atoms with Crippen LogP contribution in [0.25, 0.3) is 0 Å². The van der Waals surface area contributed by atoms with E-state index in [4.69, 9.17) is 0 Å². The Bertz CT molecular complexity index is 350. The number of nitrogens with zero attached hydrogens (tertiary/aromatic N) is 3. The van der Waals surface area contributed by atoms with Gasteiger partial charge >= 0.3 is 0 Å². The minimum atomic E-state index is 0.775. The summed E-state index contributed by atoms with van der Waals surface area (Å²) in [6, 6.07) is 1.92. The molecule has 4 heteroatoms. The molecule has 0 bridgehead atoms. The van der Waals surface area contributed by atoms with E-state index in [0.717, 1.165) is 17.2 Å². The number of aryl methyl sites for hydroxylation is 1. The van der Waals surface area contributed by atoms with Crippen LogP contribution in [0, 0.1) is 6.92 Å². The van der Waals surface area contributed by atoms with Gasteiger partial charge in [0.25, 0.3) is 0 Å². The highest BCUT2D eigenvalue weighted by Crippen LogP contribution is 2.08. The first-order chi connectivity index (χ1) is 5.84. The van der Waals surface area contributed by atoms with Crippen LogP contribution >= 0.6 is 11.3 Å². The zero-order chi connectivity index (χ0) is 8.39. The van der Waals surface area contributed by atoms with Crippen molar-refractivity contribution in [2.24, 2.45) is 0 Å². The number of rotatable bonds is 2. The van der Waals surface area contributed by atoms with Crippen LogP contribution in [0.3, 0.4) is 0 Å². The van der Waals surface area contributed by atoms with Crippen molar-refractivity contribution in [3.05, 3.63) is 34.5 Å². The van der Waals surface area contributed by atoms with Crippen LogP contribution in [0.2, 0.25) is 0 Å². The number of hydrogen-bond acceptors (Lipinski definition) is 3. The average Bonchev–Trinajstić information content (AvgIpc) is 2.63. The molecule has 0 N–H and O–H groups in total. The summed E-state index contributed by atoms with van der Waals surface area (Å²) in [6.45, 7) is 2.79. The molecule has 2 aromatic heterocycles. The summed E-state index contributed by atoms with van der Waals surface area (Å²) in [5.41, 5.74) is 1.08. The number of aromatic nitrogens is 3. The van der Waals surface area contributed by atoms with Gasteiger partial charge in [-0.1, -0.05) is 0 Å². The first kappa shape index (κ1) is 7.49. The standard InChI is InChI=1S/C8H9N3S/c1-7-10-8(6-12-7)5-11-4-2-3-9-11/h2-4,6H,5H2,1H3. The van der Waals surface area contributed by atoms with Crippen LogP contribution < -0.4 is 0 Å². The second kappa shape index (κ2) is 3.06. The van der Waals surface area contributed by atoms with Crippen molar-refractivity contribution in [2.45, 2.75) is 13.5 Å². The molecule has 0 atom stereocenters. The van der Waals surface area contributed by atoms with Gasteiger partial charge in [-0.05, 0) is 13.0 Å². The molecule has 62 valence electrons. The van der Waals surface area contributed by atoms with Gasteiger partial charge in [0, 0.05) is 17.8 Å². The first-order valence-electron chi connectivity index (χ1n) is 3.73. The molecule has 0 aliphatic carbocycles. The Morgan fingerprint density at radius 1 is 1.58 bits per heavy atom. The summed E-state index contributed by atoms with van der Waals surface area (Å²) >= 11 is 1.67. The fourth-order valence-electron chi connectivity index (χ4n) is 1.04. The zero-order valence-corrected chi connectivity index (χ0v) is 7.58. The van der Waals surface area contributed by atoms with Gasteiger partial charge in [-0.3, -0.25) is 4.68 Å². The normalized spacial score (nSPS) is 10.4. The summed E-state index contributed by atoms with van der Waals surface area (Å²) in [6.07, 6.45) is 3.72. The fraction of sp³-hybridized carbons (Fsp3) is 0.250. The zero-order valence-electron chi connectivity index (χ0n) is 6.77. The van der Waals surface area contributed by atoms with Crippen molar-refractivity contribution >= 4 is 11.3 Å². The van der Waals surface area contributed by atoms with Gasteiger partial charge in [0.2, 0.25) is 0 Å². The molecule has 0 spiro atoms. The second-order valence-electron chi connectivity index (χ2n) is 2.56. The molecule has 0 unspecified atom stereocenters. The topological polar surface area (TPSA) is 30.7 Å². The van der Waals surface area contributed by atoms with Crippen LogP contribution in [-0.2, 0) is 6.54 Å². The lowest BCUT2D eigenvalue weighted by Crippen LogP contribution is -1.99. The van der Waals surface area contributed by atoms with Crippen LogP contribution in [0.1, 0.15) is 10.7 Å². The van der Waals surface area contributed by atoms with E-state index >= 15 is 0 Å². The molecule has 0 amide bonds. The minimum absolute atomic E-state index is 0.775. The van der Waals surface area contributed by atoms with E-state index in [1.807, 2.05) is 23.9 Å². The predicted octanol–water partition coefficient (Wildman–Crippen LogP) is 1.70. The van der Waals surface area contributed by atoms with Gasteiger partial charge < -0.3 is 0 Å². The van der Waals surface area contributed by atoms with E-state index in [2.05, 4.69) is 15.5 Å². The van der Waals surface area contributed by atoms with E-state index < -0.39 is 0 Å². The highest BCUT2D eigenvalue weighted by Gasteiger charge is 1.98. The Kier molecular flexibility index (Phi) is 1.91. The van der Waals surface area contributed by atoms with E-state index in [9.17, 15) is 0 Å². The van der Waals surface area contributed by atoms with Gasteiger partial charge in [0.1, 0.15) is 0 Å². The van der Waals surface area contributed by atoms with Crippen molar-refractivity contribution in [2.75, 3.05) is 0 Å². The quantitative estimate of drug-likeness (QED) is 0.702. The maximum Gasteiger partial charge on any atom is 0.0898 e. The van der Waals surface area contributed by atoms with Crippen molar-refractivity contribution in [3.8, 4) is 0 Å². The Labute approximate surface area is 74.7 Å². The van der Waals surface area contributed by atoms with Gasteiger partial charge in [-0.25, -0.2) is 4.98 Å². The Morgan fingerprint density at radius 3 is 3.08 bits per heavy atom. The Hall–Kier alpha value is -1.16. The molecule has 3 nitrogen and oxygen atoms in total. The highest BCUT2D eigenvalue weighted by molar-refractivity contribution is 7.09. The highest BCUT2D eigenvalue weighted by atomic mass is 32.1. The molecule has 0 saturated heterocycles. The van der Waals surface area contributed by atoms with Gasteiger partial charge in [0.05, 0.1) is 17.2 Å². The summed E-state index contributed by atoms with van der Waals surface area (Å²) < 4.78 is 1.87. The Balaban J connectivity index is 2.14. The summed E-state index contributed by atoms with van der Waals surface area (Å²) in [7, 11) is 0. The van der Waals surface area contributed by atoms with Crippen molar-refractivity contribution in [1.82, 2.24) is 14.8 Å². The maximum absolute atomic E-state index is 4.34. The maximum atomic E-state index is 4.34. The van der Waals surface area contributed by atoms with Crippen molar-refractivity contribution in [3.63, 3.8) is 0 Å². The molecule has 0 aliphatic rings. The third kappa shape index (κ3) is 1.53. The SMILES string of the molecule is Cc1nc(Cn2cccn2)cs1. The largest absolute Gasteiger partial charge is 0.267 e. The first-order valence-corrected chi connectivity index (χ1v) is 4.61. The molecule has 0 radical (unpaired) electrons. The molecule has 0 saturated carbocycles. The summed E-state index contributed by atoms with van der Waals surface area (Å²) in [5, 5.41) is 7.28. The van der Waals surface area contributed by atoms with Crippen molar-refractivity contribution < 1.29 is 0 Å². The fourth-order valence-corrected chi connectivity index (χ4v) is 1.64. The summed E-state index contributed by atoms with van der Waals surface area (Å²) in [4.78, 5) is 4.34. The van der Waals surface area contributed by atoms with E-state index in [0.29, 0.717) is 0 Å². The van der Waals surface area contributed by atoms with Crippen LogP contribution in [0.4, 0.5) is 0 Å². The molecular formula is C8H9N3S. The Morgan fingerprint density at radius 2 is 2.50 bits per heavy atom. The monoisotopic (exact) mass is 179 g/mol. The lowest BCUT2D eigenvalue weighted by Gasteiger charge is -1.95. The molecule has 0 aromatic carbocycles. The second-order valence-corrected chi connectivity index (χ2v) is 3.62. The van der Waals surface area contributed by atoms with Crippen molar-refractivity contribution in [1.29, 1.82) is 0 Å². The molecular weight excluding hydrogens is 170 g/mol. The lowest BCUT2D eigenvalue weighted by atomic mass is 10.5. The van der Waals surface area contributed by atoms with E-state index in [-0.39, 0.29) is 0 Å². The number of hydrogen-bond donors (Lipinski definition) is 0. The van der Waals surface area contributed by atoms with Gasteiger partial charge in [0.15, 0.2) is 0 Å². The molecule has 2 heterocycles. The van der Waals surface area contributed by atoms with Gasteiger partial charge in [-0.2, -0.15) is 5.10 Å². The van der Waals surface area contributed by atoms with Crippen LogP contribution in [-0.4, -0.2) is 14.8 Å². The van der Waals surface area contributed by atoms with E-state index in [1.165, 1.54) is 0 Å². The van der Waals surface area contributed by atoms with Crippen LogP contribution in [0.15, 0.2) is 23.8 Å². The molecule has 12 heavy (non-hydrogen) atoms. The molecule has 2 aromatic rings. The molecule has 2 rings (SSSR count). The molecule has 0 aliphatic heterocycles. The predicted molar refractivity (Wildman–Crippen MR) is 48.2 cm³/mol. The van der Waals surface area contributed by atoms with E-state index in [1.54, 1.807) is 17.5 Å².